The van der Waals surface area contributed by atoms with E-state index in [1.54, 1.807) is 0 Å². The van der Waals surface area contributed by atoms with Crippen molar-refractivity contribution in [1.82, 2.24) is 0 Å². The van der Waals surface area contributed by atoms with Crippen molar-refractivity contribution in [3.8, 4) is 17.2 Å². The lowest BCUT2D eigenvalue weighted by Crippen LogP contribution is -2.15. The van der Waals surface area contributed by atoms with Gasteiger partial charge in [0.15, 0.2) is 0 Å². The highest BCUT2D eigenvalue weighted by Gasteiger charge is 2.20. The van der Waals surface area contributed by atoms with Crippen molar-refractivity contribution in [2.75, 3.05) is 0 Å². The summed E-state index contributed by atoms with van der Waals surface area (Å²) in [5.74, 6) is 1.94. The Morgan fingerprint density at radius 1 is 0.893 bits per heavy atom. The zero-order valence-corrected chi connectivity index (χ0v) is 17.7. The fraction of sp³-hybridized carbons (Fsp3) is 0.519. The van der Waals surface area contributed by atoms with Crippen LogP contribution in [0.2, 0.25) is 0 Å². The Balaban J connectivity index is 1.49. The molecule has 1 heteroatoms. The average Bonchev–Trinajstić information content (AvgIpc) is 2.73. The van der Waals surface area contributed by atoms with Crippen LogP contribution in [-0.2, 0) is 6.42 Å². The second kappa shape index (κ2) is 10.5. The van der Waals surface area contributed by atoms with E-state index in [0.29, 0.717) is 0 Å². The maximum atomic E-state index is 8.97. The molecular formula is C27H35N. The number of unbranched alkanes of at least 4 members (excludes halogenated alkanes) is 2. The van der Waals surface area contributed by atoms with E-state index in [-0.39, 0.29) is 0 Å². The summed E-state index contributed by atoms with van der Waals surface area (Å²) in [6.07, 6.45) is 14.0. The Bertz CT molecular complexity index is 773. The van der Waals surface area contributed by atoms with Crippen LogP contribution in [0.25, 0.3) is 11.1 Å². The van der Waals surface area contributed by atoms with Crippen LogP contribution < -0.4 is 0 Å². The highest BCUT2D eigenvalue weighted by atomic mass is 14.3. The van der Waals surface area contributed by atoms with Gasteiger partial charge in [-0.2, -0.15) is 5.26 Å². The summed E-state index contributed by atoms with van der Waals surface area (Å²) in [5, 5.41) is 8.97. The number of nitrogens with zero attached hydrogens (tertiary/aromatic N) is 1. The molecule has 2 aromatic rings. The van der Waals surface area contributed by atoms with E-state index in [1.807, 2.05) is 12.1 Å². The summed E-state index contributed by atoms with van der Waals surface area (Å²) in [5.41, 5.74) is 6.00. The standard InChI is InChI=1S/C27H35N/c1-3-4-5-6-22-7-9-23(10-8-22)11-12-24-15-18-27(21(2)19-24)26-16-13-25(20-28)14-17-26/h13-19,22-23H,3-12H2,1-2H3/t22-,23-. The molecule has 28 heavy (non-hydrogen) atoms. The van der Waals surface area contributed by atoms with Crippen molar-refractivity contribution in [3.05, 3.63) is 59.2 Å². The second-order valence-electron chi connectivity index (χ2n) is 8.76. The van der Waals surface area contributed by atoms with E-state index in [1.165, 1.54) is 86.5 Å². The molecule has 0 aromatic heterocycles. The molecular weight excluding hydrogens is 338 g/mol. The van der Waals surface area contributed by atoms with Crippen molar-refractivity contribution < 1.29 is 0 Å². The molecule has 2 aromatic carbocycles. The molecule has 0 unspecified atom stereocenters. The maximum absolute atomic E-state index is 8.97. The van der Waals surface area contributed by atoms with E-state index in [4.69, 9.17) is 5.26 Å². The molecule has 148 valence electrons. The lowest BCUT2D eigenvalue weighted by Gasteiger charge is -2.28. The highest BCUT2D eigenvalue weighted by Crippen LogP contribution is 2.34. The number of aryl methyl sites for hydroxylation is 2. The monoisotopic (exact) mass is 373 g/mol. The molecule has 1 aliphatic rings. The Hall–Kier alpha value is -2.07. The molecule has 1 fully saturated rings. The van der Waals surface area contributed by atoms with Gasteiger partial charge in [-0.05, 0) is 66.0 Å². The van der Waals surface area contributed by atoms with Crippen LogP contribution in [0.15, 0.2) is 42.5 Å². The molecule has 1 saturated carbocycles. The van der Waals surface area contributed by atoms with Crippen LogP contribution in [0, 0.1) is 30.1 Å². The molecule has 0 saturated heterocycles. The van der Waals surface area contributed by atoms with Crippen LogP contribution in [0.1, 0.15) is 81.4 Å². The van der Waals surface area contributed by atoms with Crippen molar-refractivity contribution in [2.24, 2.45) is 11.8 Å². The molecule has 0 aliphatic heterocycles. The third-order valence-corrected chi connectivity index (χ3v) is 6.64. The molecule has 0 N–H and O–H groups in total. The van der Waals surface area contributed by atoms with Gasteiger partial charge in [0.1, 0.15) is 0 Å². The van der Waals surface area contributed by atoms with Gasteiger partial charge in [0, 0.05) is 0 Å². The van der Waals surface area contributed by atoms with Gasteiger partial charge in [0.2, 0.25) is 0 Å². The van der Waals surface area contributed by atoms with Crippen LogP contribution in [0.4, 0.5) is 0 Å². The van der Waals surface area contributed by atoms with Gasteiger partial charge >= 0.3 is 0 Å². The van der Waals surface area contributed by atoms with E-state index in [0.717, 1.165) is 17.4 Å². The van der Waals surface area contributed by atoms with Gasteiger partial charge < -0.3 is 0 Å². The number of nitriles is 1. The number of rotatable bonds is 8. The zero-order chi connectivity index (χ0) is 19.8. The predicted molar refractivity (Wildman–Crippen MR) is 119 cm³/mol. The lowest BCUT2D eigenvalue weighted by atomic mass is 9.77. The summed E-state index contributed by atoms with van der Waals surface area (Å²) < 4.78 is 0. The fourth-order valence-electron chi connectivity index (χ4n) is 4.79. The summed E-state index contributed by atoms with van der Waals surface area (Å²) in [6, 6.07) is 17.0. The number of benzene rings is 2. The van der Waals surface area contributed by atoms with Crippen LogP contribution >= 0.6 is 0 Å². The van der Waals surface area contributed by atoms with Crippen LogP contribution in [0.3, 0.4) is 0 Å². The first-order chi connectivity index (χ1) is 13.7. The minimum atomic E-state index is 0.720. The molecule has 0 atom stereocenters. The SMILES string of the molecule is CCCCC[C@H]1CC[C@H](CCc2ccc(-c3ccc(C#N)cc3)c(C)c2)CC1. The highest BCUT2D eigenvalue weighted by molar-refractivity contribution is 5.68. The summed E-state index contributed by atoms with van der Waals surface area (Å²) >= 11 is 0. The van der Waals surface area contributed by atoms with E-state index in [9.17, 15) is 0 Å². The van der Waals surface area contributed by atoms with Crippen molar-refractivity contribution >= 4 is 0 Å². The topological polar surface area (TPSA) is 23.8 Å². The van der Waals surface area contributed by atoms with Gasteiger partial charge in [0.25, 0.3) is 0 Å². The first-order valence-corrected chi connectivity index (χ1v) is 11.3. The minimum absolute atomic E-state index is 0.720. The summed E-state index contributed by atoms with van der Waals surface area (Å²) in [7, 11) is 0. The second-order valence-corrected chi connectivity index (χ2v) is 8.76. The predicted octanol–water partition coefficient (Wildman–Crippen LogP) is 7.85. The number of hydrogen-bond acceptors (Lipinski definition) is 1. The van der Waals surface area contributed by atoms with Gasteiger partial charge in [-0.15, -0.1) is 0 Å². The first kappa shape index (κ1) is 20.7. The lowest BCUT2D eigenvalue weighted by molar-refractivity contribution is 0.249. The van der Waals surface area contributed by atoms with E-state index < -0.39 is 0 Å². The van der Waals surface area contributed by atoms with Crippen molar-refractivity contribution in [2.45, 2.75) is 78.1 Å². The van der Waals surface area contributed by atoms with Crippen molar-refractivity contribution in [3.63, 3.8) is 0 Å². The van der Waals surface area contributed by atoms with Gasteiger partial charge in [0.05, 0.1) is 11.6 Å². The third-order valence-electron chi connectivity index (χ3n) is 6.64. The Morgan fingerprint density at radius 2 is 1.57 bits per heavy atom. The van der Waals surface area contributed by atoms with Gasteiger partial charge in [-0.3, -0.25) is 0 Å². The smallest absolute Gasteiger partial charge is 0.0991 e. The van der Waals surface area contributed by atoms with Gasteiger partial charge in [-0.25, -0.2) is 0 Å². The molecule has 0 spiro atoms. The normalized spacial score (nSPS) is 19.3. The Labute approximate surface area is 171 Å². The summed E-state index contributed by atoms with van der Waals surface area (Å²) in [6.45, 7) is 4.51. The Kier molecular flexibility index (Phi) is 7.72. The van der Waals surface area contributed by atoms with Crippen molar-refractivity contribution in [1.29, 1.82) is 5.26 Å². The first-order valence-electron chi connectivity index (χ1n) is 11.3. The van der Waals surface area contributed by atoms with Gasteiger partial charge in [-0.1, -0.05) is 88.6 Å². The average molecular weight is 374 g/mol. The molecule has 1 nitrogen and oxygen atoms in total. The summed E-state index contributed by atoms with van der Waals surface area (Å²) in [4.78, 5) is 0. The molecule has 3 rings (SSSR count). The van der Waals surface area contributed by atoms with Crippen LogP contribution in [-0.4, -0.2) is 0 Å². The molecule has 1 aliphatic carbocycles. The Morgan fingerprint density at radius 3 is 2.18 bits per heavy atom. The molecule has 0 radical (unpaired) electrons. The van der Waals surface area contributed by atoms with E-state index >= 15 is 0 Å². The molecule has 0 heterocycles. The minimum Gasteiger partial charge on any atom is -0.192 e. The molecule has 0 bridgehead atoms. The largest absolute Gasteiger partial charge is 0.192 e. The van der Waals surface area contributed by atoms with E-state index in [2.05, 4.69) is 50.2 Å². The third kappa shape index (κ3) is 5.71. The molecule has 0 amide bonds. The quantitative estimate of drug-likeness (QED) is 0.432. The zero-order valence-electron chi connectivity index (χ0n) is 17.7. The fourth-order valence-corrected chi connectivity index (χ4v) is 4.79. The van der Waals surface area contributed by atoms with Crippen LogP contribution in [0.5, 0.6) is 0 Å². The maximum Gasteiger partial charge on any atom is 0.0991 e. The number of hydrogen-bond donors (Lipinski definition) is 0.